The molecule has 1 rings (SSSR count). The zero-order valence-corrected chi connectivity index (χ0v) is 5.19. The van der Waals surface area contributed by atoms with Gasteiger partial charge in [0.15, 0.2) is 0 Å². The number of hydrogen-bond acceptors (Lipinski definition) is 1. The molecule has 1 heteroatoms. The van der Waals surface area contributed by atoms with Crippen LogP contribution in [0.4, 0.5) is 0 Å². The van der Waals surface area contributed by atoms with Crippen LogP contribution in [0.3, 0.4) is 0 Å². The molecule has 2 atom stereocenters. The van der Waals surface area contributed by atoms with E-state index < -0.39 is 0 Å². The predicted octanol–water partition coefficient (Wildman–Crippen LogP) is 1.57. The van der Waals surface area contributed by atoms with E-state index in [0.29, 0.717) is 6.10 Å². The monoisotopic (exact) mass is 100 g/mol. The fourth-order valence-electron chi connectivity index (χ4n) is 0.741. The van der Waals surface area contributed by atoms with Gasteiger partial charge in [-0.2, -0.15) is 0 Å². The van der Waals surface area contributed by atoms with Crippen LogP contribution in [-0.2, 0) is 4.74 Å². The van der Waals surface area contributed by atoms with Gasteiger partial charge in [-0.1, -0.05) is 6.92 Å². The highest BCUT2D eigenvalue weighted by Gasteiger charge is 2.46. The zero-order valence-electron chi connectivity index (χ0n) is 5.19. The van der Waals surface area contributed by atoms with Crippen molar-refractivity contribution in [3.8, 4) is 0 Å². The molecule has 0 aromatic heterocycles. The molecule has 0 saturated carbocycles. The molecule has 0 aromatic carbocycles. The fraction of sp³-hybridized carbons (Fsp3) is 1.00. The van der Waals surface area contributed by atoms with Gasteiger partial charge in [-0.25, -0.2) is 0 Å². The van der Waals surface area contributed by atoms with Gasteiger partial charge in [0.05, 0.1) is 11.7 Å². The predicted molar refractivity (Wildman–Crippen MR) is 29.2 cm³/mol. The second-order valence-corrected chi connectivity index (χ2v) is 2.43. The lowest BCUT2D eigenvalue weighted by molar-refractivity contribution is 0.306. The summed E-state index contributed by atoms with van der Waals surface area (Å²) < 4.78 is 5.25. The second kappa shape index (κ2) is 1.22. The SMILES string of the molecule is CCC1(C)OC1C. The highest BCUT2D eigenvalue weighted by molar-refractivity contribution is 4.94. The minimum Gasteiger partial charge on any atom is -0.367 e. The second-order valence-electron chi connectivity index (χ2n) is 2.43. The third-order valence-electron chi connectivity index (χ3n) is 1.95. The molecule has 1 aliphatic rings. The normalized spacial score (nSPS) is 49.3. The zero-order chi connectivity index (χ0) is 5.49. The van der Waals surface area contributed by atoms with E-state index in [0.717, 1.165) is 6.42 Å². The van der Waals surface area contributed by atoms with E-state index in [4.69, 9.17) is 4.74 Å². The molecular weight excluding hydrogens is 88.1 g/mol. The van der Waals surface area contributed by atoms with Gasteiger partial charge in [0.1, 0.15) is 0 Å². The summed E-state index contributed by atoms with van der Waals surface area (Å²) in [6, 6.07) is 0. The van der Waals surface area contributed by atoms with Crippen LogP contribution < -0.4 is 0 Å². The maximum Gasteiger partial charge on any atom is 0.0915 e. The van der Waals surface area contributed by atoms with Gasteiger partial charge >= 0.3 is 0 Å². The van der Waals surface area contributed by atoms with Crippen molar-refractivity contribution in [2.45, 2.75) is 38.9 Å². The largest absolute Gasteiger partial charge is 0.367 e. The van der Waals surface area contributed by atoms with E-state index in [1.165, 1.54) is 0 Å². The van der Waals surface area contributed by atoms with Crippen molar-refractivity contribution in [1.29, 1.82) is 0 Å². The van der Waals surface area contributed by atoms with Crippen molar-refractivity contribution in [1.82, 2.24) is 0 Å². The summed E-state index contributed by atoms with van der Waals surface area (Å²) >= 11 is 0. The first-order chi connectivity index (χ1) is 3.19. The summed E-state index contributed by atoms with van der Waals surface area (Å²) in [6.07, 6.45) is 1.66. The highest BCUT2D eigenvalue weighted by Crippen LogP contribution is 2.37. The Balaban J connectivity index is 2.36. The van der Waals surface area contributed by atoms with Crippen LogP contribution in [0.2, 0.25) is 0 Å². The Morgan fingerprint density at radius 2 is 2.14 bits per heavy atom. The number of rotatable bonds is 1. The molecule has 0 amide bonds. The Morgan fingerprint density at radius 3 is 2.14 bits per heavy atom. The lowest BCUT2D eigenvalue weighted by atomic mass is 10.1. The molecule has 1 heterocycles. The molecule has 1 aliphatic heterocycles. The van der Waals surface area contributed by atoms with Crippen molar-refractivity contribution in [3.05, 3.63) is 0 Å². The quantitative estimate of drug-likeness (QED) is 0.456. The smallest absolute Gasteiger partial charge is 0.0915 e. The Kier molecular flexibility index (Phi) is 0.890. The number of hydrogen-bond donors (Lipinski definition) is 0. The third kappa shape index (κ3) is 0.653. The first-order valence-electron chi connectivity index (χ1n) is 2.87. The molecule has 1 saturated heterocycles. The van der Waals surface area contributed by atoms with Crippen molar-refractivity contribution < 1.29 is 4.74 Å². The summed E-state index contributed by atoms with van der Waals surface area (Å²) in [6.45, 7) is 6.42. The maximum absolute atomic E-state index is 5.25. The van der Waals surface area contributed by atoms with Crippen molar-refractivity contribution in [2.24, 2.45) is 0 Å². The van der Waals surface area contributed by atoms with Crippen LogP contribution in [0.15, 0.2) is 0 Å². The first kappa shape index (κ1) is 5.10. The average Bonchev–Trinajstić information content (AvgIpc) is 2.18. The number of ether oxygens (including phenoxy) is 1. The van der Waals surface area contributed by atoms with Gasteiger partial charge in [0.25, 0.3) is 0 Å². The Hall–Kier alpha value is -0.0400. The molecule has 0 bridgehead atoms. The maximum atomic E-state index is 5.25. The van der Waals surface area contributed by atoms with Crippen LogP contribution in [0.5, 0.6) is 0 Å². The average molecular weight is 100 g/mol. The van der Waals surface area contributed by atoms with Crippen LogP contribution in [0.1, 0.15) is 27.2 Å². The molecule has 2 unspecified atom stereocenters. The van der Waals surface area contributed by atoms with E-state index in [1.54, 1.807) is 0 Å². The van der Waals surface area contributed by atoms with Crippen molar-refractivity contribution in [2.75, 3.05) is 0 Å². The molecule has 0 radical (unpaired) electrons. The van der Waals surface area contributed by atoms with E-state index in [1.807, 2.05) is 0 Å². The van der Waals surface area contributed by atoms with Gasteiger partial charge in [0, 0.05) is 0 Å². The molecule has 0 aliphatic carbocycles. The summed E-state index contributed by atoms with van der Waals surface area (Å²) in [5, 5.41) is 0. The van der Waals surface area contributed by atoms with Crippen LogP contribution in [0.25, 0.3) is 0 Å². The van der Waals surface area contributed by atoms with Crippen LogP contribution in [-0.4, -0.2) is 11.7 Å². The minimum atomic E-state index is 0.250. The molecule has 1 nitrogen and oxygen atoms in total. The van der Waals surface area contributed by atoms with Gasteiger partial charge in [-0.15, -0.1) is 0 Å². The van der Waals surface area contributed by atoms with Crippen LogP contribution >= 0.6 is 0 Å². The Bertz CT molecular complexity index is 76.2. The summed E-state index contributed by atoms with van der Waals surface area (Å²) in [5.41, 5.74) is 0.250. The van der Waals surface area contributed by atoms with E-state index in [9.17, 15) is 0 Å². The van der Waals surface area contributed by atoms with Gasteiger partial charge in [0.2, 0.25) is 0 Å². The fourth-order valence-corrected chi connectivity index (χ4v) is 0.741. The topological polar surface area (TPSA) is 12.5 Å². The summed E-state index contributed by atoms with van der Waals surface area (Å²) in [5.74, 6) is 0. The Labute approximate surface area is 44.7 Å². The standard InChI is InChI=1S/C6H12O/c1-4-6(3)5(2)7-6/h5H,4H2,1-3H3. The minimum absolute atomic E-state index is 0.250. The third-order valence-corrected chi connectivity index (χ3v) is 1.95. The Morgan fingerprint density at radius 1 is 1.71 bits per heavy atom. The molecule has 7 heavy (non-hydrogen) atoms. The van der Waals surface area contributed by atoms with Gasteiger partial charge in [-0.3, -0.25) is 0 Å². The molecular formula is C6H12O. The molecule has 42 valence electrons. The molecule has 0 spiro atoms. The lowest BCUT2D eigenvalue weighted by Crippen LogP contribution is -2.03. The lowest BCUT2D eigenvalue weighted by Gasteiger charge is -1.94. The van der Waals surface area contributed by atoms with E-state index >= 15 is 0 Å². The van der Waals surface area contributed by atoms with E-state index in [2.05, 4.69) is 20.8 Å². The summed E-state index contributed by atoms with van der Waals surface area (Å²) in [7, 11) is 0. The van der Waals surface area contributed by atoms with Gasteiger partial charge in [-0.05, 0) is 20.3 Å². The van der Waals surface area contributed by atoms with Crippen LogP contribution in [0, 0.1) is 0 Å². The van der Waals surface area contributed by atoms with Crippen molar-refractivity contribution in [3.63, 3.8) is 0 Å². The first-order valence-corrected chi connectivity index (χ1v) is 2.87. The van der Waals surface area contributed by atoms with Gasteiger partial charge < -0.3 is 4.74 Å². The molecule has 0 aromatic rings. The highest BCUT2D eigenvalue weighted by atomic mass is 16.6. The molecule has 1 fully saturated rings. The number of epoxide rings is 1. The molecule has 0 N–H and O–H groups in total. The van der Waals surface area contributed by atoms with E-state index in [-0.39, 0.29) is 5.60 Å². The van der Waals surface area contributed by atoms with Crippen molar-refractivity contribution >= 4 is 0 Å². The summed E-state index contributed by atoms with van der Waals surface area (Å²) in [4.78, 5) is 0.